The van der Waals surface area contributed by atoms with E-state index in [2.05, 4.69) is 144 Å². The van der Waals surface area contributed by atoms with Gasteiger partial charge in [-0.2, -0.15) is 9.97 Å². The van der Waals surface area contributed by atoms with E-state index >= 15 is 0 Å². The average Bonchev–Trinajstić information content (AvgIpc) is 3.93. The Morgan fingerprint density at radius 1 is 0.396 bits per heavy atom. The number of thiazole rings is 1. The molecular formula is C46H27N5S2. The lowest BCUT2D eigenvalue weighted by Crippen LogP contribution is -2.06. The summed E-state index contributed by atoms with van der Waals surface area (Å²) in [5.41, 5.74) is 8.59. The highest BCUT2D eigenvalue weighted by atomic mass is 32.1. The number of benzene rings is 7. The molecule has 248 valence electrons. The lowest BCUT2D eigenvalue weighted by atomic mass is 10.0. The minimum absolute atomic E-state index is 0.597. The topological polar surface area (TPSA) is 56.5 Å². The van der Waals surface area contributed by atoms with Crippen LogP contribution in [0.3, 0.4) is 0 Å². The Bertz CT molecular complexity index is 3090. The van der Waals surface area contributed by atoms with Crippen LogP contribution in [-0.4, -0.2) is 24.5 Å². The Balaban J connectivity index is 1.05. The van der Waals surface area contributed by atoms with Crippen molar-refractivity contribution in [1.82, 2.24) is 24.5 Å². The summed E-state index contributed by atoms with van der Waals surface area (Å²) in [7, 11) is 0. The first-order valence-electron chi connectivity index (χ1n) is 17.5. The quantitative estimate of drug-likeness (QED) is 0.178. The highest BCUT2D eigenvalue weighted by Gasteiger charge is 2.20. The standard InChI is InChI=1S/C46H27N5S2/c1-2-11-29(12-3-1)43-48-44(50-46(49-43)51-37-17-7-4-13-32(37)33-14-5-8-18-38(33)51)35-15-10-20-40-42(35)34-26-25-31(27-41(34)52-40)28-21-23-30(24-22-28)45-47-36-16-6-9-19-39(36)53-45/h1-27H. The molecule has 5 nitrogen and oxygen atoms in total. The predicted molar refractivity (Wildman–Crippen MR) is 222 cm³/mol. The first-order valence-corrected chi connectivity index (χ1v) is 19.1. The molecule has 0 radical (unpaired) electrons. The monoisotopic (exact) mass is 713 g/mol. The number of fused-ring (bicyclic) bond motifs is 7. The Morgan fingerprint density at radius 3 is 1.85 bits per heavy atom. The van der Waals surface area contributed by atoms with Crippen molar-refractivity contribution in [2.24, 2.45) is 0 Å². The van der Waals surface area contributed by atoms with Crippen molar-refractivity contribution < 1.29 is 0 Å². The van der Waals surface area contributed by atoms with Crippen LogP contribution in [0.5, 0.6) is 0 Å². The summed E-state index contributed by atoms with van der Waals surface area (Å²) < 4.78 is 5.79. The molecule has 0 amide bonds. The van der Waals surface area contributed by atoms with Crippen LogP contribution in [0.2, 0.25) is 0 Å². The Morgan fingerprint density at radius 2 is 1.06 bits per heavy atom. The van der Waals surface area contributed by atoms with E-state index < -0.39 is 0 Å². The molecule has 0 N–H and O–H groups in total. The van der Waals surface area contributed by atoms with E-state index in [4.69, 9.17) is 19.9 Å². The van der Waals surface area contributed by atoms with Gasteiger partial charge in [0.15, 0.2) is 11.6 Å². The van der Waals surface area contributed by atoms with Gasteiger partial charge >= 0.3 is 0 Å². The molecule has 0 atom stereocenters. The molecule has 11 aromatic rings. The molecule has 4 heterocycles. The van der Waals surface area contributed by atoms with Crippen LogP contribution in [0, 0.1) is 0 Å². The average molecular weight is 714 g/mol. The van der Waals surface area contributed by atoms with Crippen LogP contribution in [-0.2, 0) is 0 Å². The molecule has 0 fully saturated rings. The summed E-state index contributed by atoms with van der Waals surface area (Å²) in [6.07, 6.45) is 0. The maximum atomic E-state index is 5.26. The second-order valence-electron chi connectivity index (χ2n) is 13.1. The van der Waals surface area contributed by atoms with Gasteiger partial charge in [0.1, 0.15) is 5.01 Å². The van der Waals surface area contributed by atoms with Gasteiger partial charge in [-0.1, -0.05) is 127 Å². The Hall–Kier alpha value is -6.54. The number of nitrogens with zero attached hydrogens (tertiary/aromatic N) is 5. The molecule has 0 aliphatic carbocycles. The van der Waals surface area contributed by atoms with E-state index in [-0.39, 0.29) is 0 Å². The van der Waals surface area contributed by atoms with Gasteiger partial charge in [0.25, 0.3) is 0 Å². The molecule has 0 saturated carbocycles. The number of hydrogen-bond acceptors (Lipinski definition) is 6. The molecular weight excluding hydrogens is 687 g/mol. The molecule has 11 rings (SSSR count). The third kappa shape index (κ3) is 4.97. The molecule has 7 heteroatoms. The first-order chi connectivity index (χ1) is 26.2. The van der Waals surface area contributed by atoms with E-state index in [9.17, 15) is 0 Å². The zero-order chi connectivity index (χ0) is 34.9. The number of rotatable bonds is 5. The van der Waals surface area contributed by atoms with Crippen molar-refractivity contribution in [3.63, 3.8) is 0 Å². The number of thiophene rings is 1. The van der Waals surface area contributed by atoms with Crippen molar-refractivity contribution >= 4 is 74.9 Å². The molecule has 0 bridgehead atoms. The highest BCUT2D eigenvalue weighted by molar-refractivity contribution is 7.26. The molecule has 7 aromatic carbocycles. The van der Waals surface area contributed by atoms with Crippen LogP contribution in [0.1, 0.15) is 0 Å². The van der Waals surface area contributed by atoms with E-state index in [0.717, 1.165) is 43.6 Å². The van der Waals surface area contributed by atoms with Gasteiger partial charge in [0, 0.05) is 47.6 Å². The molecule has 0 aliphatic heterocycles. The van der Waals surface area contributed by atoms with Crippen molar-refractivity contribution in [3.8, 4) is 50.4 Å². The summed E-state index contributed by atoms with van der Waals surface area (Å²) >= 11 is 3.53. The SMILES string of the molecule is c1ccc(-c2nc(-c3cccc4sc5cc(-c6ccc(-c7nc8ccccc8s7)cc6)ccc5c34)nc(-n3c4ccccc4c4ccccc43)n2)cc1. The lowest BCUT2D eigenvalue weighted by molar-refractivity contribution is 0.954. The van der Waals surface area contributed by atoms with E-state index in [1.54, 1.807) is 22.7 Å². The van der Waals surface area contributed by atoms with Gasteiger partial charge in [0.05, 0.1) is 21.3 Å². The Kier molecular flexibility index (Phi) is 6.83. The van der Waals surface area contributed by atoms with Crippen LogP contribution in [0.4, 0.5) is 0 Å². The van der Waals surface area contributed by atoms with Gasteiger partial charge in [-0.05, 0) is 47.5 Å². The number of para-hydroxylation sites is 3. The number of aromatic nitrogens is 5. The third-order valence-corrected chi connectivity index (χ3v) is 12.1. The number of hydrogen-bond donors (Lipinski definition) is 0. The van der Waals surface area contributed by atoms with Gasteiger partial charge in [0.2, 0.25) is 5.95 Å². The minimum Gasteiger partial charge on any atom is -0.278 e. The molecule has 0 saturated heterocycles. The summed E-state index contributed by atoms with van der Waals surface area (Å²) in [5.74, 6) is 1.88. The van der Waals surface area contributed by atoms with Crippen molar-refractivity contribution in [3.05, 3.63) is 164 Å². The fourth-order valence-electron chi connectivity index (χ4n) is 7.43. The van der Waals surface area contributed by atoms with Gasteiger partial charge < -0.3 is 0 Å². The molecule has 0 unspecified atom stereocenters. The van der Waals surface area contributed by atoms with E-state index in [0.29, 0.717) is 17.6 Å². The predicted octanol–water partition coefficient (Wildman–Crippen LogP) is 12.6. The fourth-order valence-corrected chi connectivity index (χ4v) is 9.57. The minimum atomic E-state index is 0.597. The Labute approximate surface area is 312 Å². The van der Waals surface area contributed by atoms with Crippen LogP contribution in [0.25, 0.3) is 103 Å². The highest BCUT2D eigenvalue weighted by Crippen LogP contribution is 2.42. The van der Waals surface area contributed by atoms with E-state index in [1.807, 2.05) is 24.3 Å². The fraction of sp³-hybridized carbons (Fsp3) is 0. The summed E-state index contributed by atoms with van der Waals surface area (Å²) in [5, 5.41) is 5.72. The van der Waals surface area contributed by atoms with Crippen LogP contribution in [0.15, 0.2) is 164 Å². The van der Waals surface area contributed by atoms with E-state index in [1.165, 1.54) is 41.4 Å². The summed E-state index contributed by atoms with van der Waals surface area (Å²) in [6.45, 7) is 0. The van der Waals surface area contributed by atoms with Crippen LogP contribution < -0.4 is 0 Å². The summed E-state index contributed by atoms with van der Waals surface area (Å²) in [4.78, 5) is 20.4. The van der Waals surface area contributed by atoms with Crippen LogP contribution >= 0.6 is 22.7 Å². The zero-order valence-electron chi connectivity index (χ0n) is 28.1. The van der Waals surface area contributed by atoms with Crippen molar-refractivity contribution in [2.45, 2.75) is 0 Å². The smallest absolute Gasteiger partial charge is 0.238 e. The van der Waals surface area contributed by atoms with Gasteiger partial charge in [-0.25, -0.2) is 9.97 Å². The lowest BCUT2D eigenvalue weighted by Gasteiger charge is -2.11. The second kappa shape index (κ2) is 12.0. The second-order valence-corrected chi connectivity index (χ2v) is 15.2. The van der Waals surface area contributed by atoms with Crippen molar-refractivity contribution in [2.75, 3.05) is 0 Å². The maximum absolute atomic E-state index is 5.26. The maximum Gasteiger partial charge on any atom is 0.238 e. The van der Waals surface area contributed by atoms with Gasteiger partial charge in [-0.3, -0.25) is 4.57 Å². The summed E-state index contributed by atoms with van der Waals surface area (Å²) in [6, 6.07) is 57.4. The molecule has 53 heavy (non-hydrogen) atoms. The molecule has 0 spiro atoms. The normalized spacial score (nSPS) is 11.8. The molecule has 4 aromatic heterocycles. The molecule has 0 aliphatic rings. The van der Waals surface area contributed by atoms with Crippen molar-refractivity contribution in [1.29, 1.82) is 0 Å². The zero-order valence-corrected chi connectivity index (χ0v) is 29.8. The first kappa shape index (κ1) is 30.1. The third-order valence-electron chi connectivity index (χ3n) is 9.93. The van der Waals surface area contributed by atoms with Gasteiger partial charge in [-0.15, -0.1) is 22.7 Å². The largest absolute Gasteiger partial charge is 0.278 e.